The van der Waals surface area contributed by atoms with Crippen molar-refractivity contribution in [2.45, 2.75) is 32.7 Å². The van der Waals surface area contributed by atoms with Crippen LogP contribution < -0.4 is 15.4 Å². The van der Waals surface area contributed by atoms with Crippen molar-refractivity contribution in [3.8, 4) is 5.75 Å². The van der Waals surface area contributed by atoms with Crippen molar-refractivity contribution in [3.63, 3.8) is 0 Å². The Bertz CT molecular complexity index is 499. The number of nitrogens with one attached hydrogen (secondary N) is 2. The van der Waals surface area contributed by atoms with Gasteiger partial charge in [0, 0.05) is 20.1 Å². The Morgan fingerprint density at radius 2 is 1.88 bits per heavy atom. The van der Waals surface area contributed by atoms with Crippen LogP contribution in [0, 0.1) is 5.92 Å². The molecule has 1 aliphatic heterocycles. The molecular weight excluding hydrogens is 427 g/mol. The first kappa shape index (κ1) is 22.0. The van der Waals surface area contributed by atoms with Crippen LogP contribution in [0.3, 0.4) is 0 Å². The number of hydrogen-bond acceptors (Lipinski definition) is 3. The van der Waals surface area contributed by atoms with Crippen LogP contribution in [0.15, 0.2) is 29.3 Å². The molecule has 0 radical (unpaired) electrons. The van der Waals surface area contributed by atoms with Crippen LogP contribution in [0.25, 0.3) is 0 Å². The van der Waals surface area contributed by atoms with Gasteiger partial charge in [-0.1, -0.05) is 19.1 Å². The van der Waals surface area contributed by atoms with Crippen molar-refractivity contribution in [3.05, 3.63) is 29.8 Å². The number of aliphatic imine (C=N–C) groups is 1. The molecule has 1 aliphatic rings. The molecule has 6 heteroatoms. The lowest BCUT2D eigenvalue weighted by atomic mass is 9.93. The van der Waals surface area contributed by atoms with Gasteiger partial charge in [0.2, 0.25) is 0 Å². The molecule has 1 aromatic carbocycles. The van der Waals surface area contributed by atoms with E-state index in [9.17, 15) is 0 Å². The molecule has 0 aliphatic carbocycles. The minimum absolute atomic E-state index is 0. The Kier molecular flexibility index (Phi) is 10.9. The number of benzene rings is 1. The van der Waals surface area contributed by atoms with E-state index in [4.69, 9.17) is 4.74 Å². The quantitative estimate of drug-likeness (QED) is 0.373. The lowest BCUT2D eigenvalue weighted by molar-refractivity contribution is 0.187. The normalized spacial score (nSPS) is 16.2. The molecular formula is C19H33IN4O. The molecule has 0 saturated carbocycles. The van der Waals surface area contributed by atoms with Gasteiger partial charge in [0.05, 0.1) is 7.11 Å². The number of nitrogens with zero attached hydrogens (tertiary/aromatic N) is 2. The first-order chi connectivity index (χ1) is 11.7. The molecule has 1 aromatic rings. The Balaban J connectivity index is 0.00000312. The van der Waals surface area contributed by atoms with E-state index < -0.39 is 0 Å². The molecule has 1 heterocycles. The van der Waals surface area contributed by atoms with Crippen molar-refractivity contribution in [1.29, 1.82) is 0 Å². The molecule has 2 rings (SSSR count). The minimum atomic E-state index is 0. The number of piperidine rings is 1. The standard InChI is InChI=1S/C19H32N4O.HI/c1-4-23-13-10-16(11-14-23)9-12-21-19(20-2)22-15-17-5-7-18(24-3)8-6-17;/h5-8,16H,4,9-15H2,1-3H3,(H2,20,21,22);1H. The molecule has 25 heavy (non-hydrogen) atoms. The third-order valence-corrected chi connectivity index (χ3v) is 4.84. The summed E-state index contributed by atoms with van der Waals surface area (Å²) >= 11 is 0. The number of methoxy groups -OCH3 is 1. The number of ether oxygens (including phenoxy) is 1. The van der Waals surface area contributed by atoms with E-state index >= 15 is 0 Å². The van der Waals surface area contributed by atoms with Gasteiger partial charge in [0.15, 0.2) is 5.96 Å². The summed E-state index contributed by atoms with van der Waals surface area (Å²) in [6.45, 7) is 7.70. The Labute approximate surface area is 169 Å². The molecule has 0 unspecified atom stereocenters. The van der Waals surface area contributed by atoms with Crippen molar-refractivity contribution in [2.75, 3.05) is 40.3 Å². The van der Waals surface area contributed by atoms with Crippen LogP contribution in [0.5, 0.6) is 5.75 Å². The topological polar surface area (TPSA) is 48.9 Å². The molecule has 5 nitrogen and oxygen atoms in total. The maximum atomic E-state index is 5.18. The maximum absolute atomic E-state index is 5.18. The van der Waals surface area contributed by atoms with Crippen molar-refractivity contribution in [2.24, 2.45) is 10.9 Å². The van der Waals surface area contributed by atoms with Crippen molar-refractivity contribution in [1.82, 2.24) is 15.5 Å². The smallest absolute Gasteiger partial charge is 0.191 e. The van der Waals surface area contributed by atoms with Gasteiger partial charge in [-0.05, 0) is 62.5 Å². The predicted molar refractivity (Wildman–Crippen MR) is 116 cm³/mol. The monoisotopic (exact) mass is 460 g/mol. The zero-order chi connectivity index (χ0) is 17.2. The molecule has 0 amide bonds. The first-order valence-electron chi connectivity index (χ1n) is 9.05. The van der Waals surface area contributed by atoms with Gasteiger partial charge < -0.3 is 20.3 Å². The van der Waals surface area contributed by atoms with Gasteiger partial charge in [0.1, 0.15) is 5.75 Å². The Morgan fingerprint density at radius 1 is 1.20 bits per heavy atom. The number of guanidine groups is 1. The molecule has 0 spiro atoms. The average Bonchev–Trinajstić information content (AvgIpc) is 2.65. The fraction of sp³-hybridized carbons (Fsp3) is 0.632. The van der Waals surface area contributed by atoms with Crippen LogP contribution >= 0.6 is 24.0 Å². The van der Waals surface area contributed by atoms with E-state index in [0.29, 0.717) is 0 Å². The molecule has 2 N–H and O–H groups in total. The second kappa shape index (κ2) is 12.4. The van der Waals surface area contributed by atoms with Crippen LogP contribution in [0.4, 0.5) is 0 Å². The van der Waals surface area contributed by atoms with E-state index in [1.165, 1.54) is 44.5 Å². The second-order valence-corrected chi connectivity index (χ2v) is 6.37. The van der Waals surface area contributed by atoms with Crippen LogP contribution in [0.2, 0.25) is 0 Å². The van der Waals surface area contributed by atoms with Gasteiger partial charge in [-0.3, -0.25) is 4.99 Å². The third kappa shape index (κ3) is 7.81. The predicted octanol–water partition coefficient (Wildman–Crippen LogP) is 3.10. The highest BCUT2D eigenvalue weighted by atomic mass is 127. The van der Waals surface area contributed by atoms with E-state index in [0.717, 1.165) is 30.7 Å². The maximum Gasteiger partial charge on any atom is 0.191 e. The van der Waals surface area contributed by atoms with Gasteiger partial charge in [-0.25, -0.2) is 0 Å². The summed E-state index contributed by atoms with van der Waals surface area (Å²) < 4.78 is 5.18. The summed E-state index contributed by atoms with van der Waals surface area (Å²) in [4.78, 5) is 6.85. The molecule has 0 aromatic heterocycles. The van der Waals surface area contributed by atoms with Crippen molar-refractivity contribution >= 4 is 29.9 Å². The zero-order valence-corrected chi connectivity index (χ0v) is 18.1. The van der Waals surface area contributed by atoms with Crippen LogP contribution in [-0.4, -0.2) is 51.2 Å². The summed E-state index contributed by atoms with van der Waals surface area (Å²) in [5.41, 5.74) is 1.21. The van der Waals surface area contributed by atoms with E-state index in [1.54, 1.807) is 7.11 Å². The first-order valence-corrected chi connectivity index (χ1v) is 9.05. The number of rotatable bonds is 7. The lowest BCUT2D eigenvalue weighted by Gasteiger charge is -2.31. The molecule has 0 atom stereocenters. The van der Waals surface area contributed by atoms with E-state index in [-0.39, 0.29) is 24.0 Å². The summed E-state index contributed by atoms with van der Waals surface area (Å²) in [7, 11) is 3.51. The summed E-state index contributed by atoms with van der Waals surface area (Å²) in [5, 5.41) is 6.80. The average molecular weight is 460 g/mol. The third-order valence-electron chi connectivity index (χ3n) is 4.84. The highest BCUT2D eigenvalue weighted by Gasteiger charge is 2.17. The second-order valence-electron chi connectivity index (χ2n) is 6.37. The molecule has 0 bridgehead atoms. The van der Waals surface area contributed by atoms with Crippen LogP contribution in [-0.2, 0) is 6.54 Å². The van der Waals surface area contributed by atoms with Gasteiger partial charge in [-0.2, -0.15) is 0 Å². The lowest BCUT2D eigenvalue weighted by Crippen LogP contribution is -2.39. The molecule has 1 saturated heterocycles. The summed E-state index contributed by atoms with van der Waals surface area (Å²) in [6, 6.07) is 8.10. The zero-order valence-electron chi connectivity index (χ0n) is 15.8. The number of likely N-dealkylation sites (tertiary alicyclic amines) is 1. The van der Waals surface area contributed by atoms with Gasteiger partial charge in [-0.15, -0.1) is 24.0 Å². The molecule has 142 valence electrons. The fourth-order valence-corrected chi connectivity index (χ4v) is 3.14. The highest BCUT2D eigenvalue weighted by Crippen LogP contribution is 2.19. The minimum Gasteiger partial charge on any atom is -0.497 e. The van der Waals surface area contributed by atoms with E-state index in [2.05, 4.69) is 39.6 Å². The molecule has 1 fully saturated rings. The van der Waals surface area contributed by atoms with Gasteiger partial charge >= 0.3 is 0 Å². The fourth-order valence-electron chi connectivity index (χ4n) is 3.14. The largest absolute Gasteiger partial charge is 0.497 e. The van der Waals surface area contributed by atoms with Crippen LogP contribution in [0.1, 0.15) is 31.7 Å². The highest BCUT2D eigenvalue weighted by molar-refractivity contribution is 14.0. The van der Waals surface area contributed by atoms with E-state index in [1.807, 2.05) is 19.2 Å². The SMILES string of the molecule is CCN1CCC(CCNC(=NC)NCc2ccc(OC)cc2)CC1.I. The van der Waals surface area contributed by atoms with Crippen molar-refractivity contribution < 1.29 is 4.74 Å². The summed E-state index contributed by atoms with van der Waals surface area (Å²) in [6.07, 6.45) is 3.88. The van der Waals surface area contributed by atoms with Gasteiger partial charge in [0.25, 0.3) is 0 Å². The Morgan fingerprint density at radius 3 is 2.44 bits per heavy atom. The Hall–Kier alpha value is -1.02. The number of hydrogen-bond donors (Lipinski definition) is 2. The number of halogens is 1. The summed E-state index contributed by atoms with van der Waals surface area (Å²) in [5.74, 6) is 2.60.